The van der Waals surface area contributed by atoms with Gasteiger partial charge in [-0.3, -0.25) is 9.59 Å². The van der Waals surface area contributed by atoms with E-state index in [1.54, 1.807) is 48.0 Å². The molecule has 7 nitrogen and oxygen atoms in total. The Bertz CT molecular complexity index is 1050. The number of aliphatic carboxylic acids is 1. The number of rotatable bonds is 6. The van der Waals surface area contributed by atoms with Gasteiger partial charge in [0, 0.05) is 5.69 Å². The van der Waals surface area contributed by atoms with Crippen molar-refractivity contribution in [2.45, 2.75) is 19.9 Å². The molecule has 0 atom stereocenters. The van der Waals surface area contributed by atoms with E-state index in [1.165, 1.54) is 0 Å². The van der Waals surface area contributed by atoms with Crippen LogP contribution in [0.3, 0.4) is 0 Å². The van der Waals surface area contributed by atoms with E-state index in [-0.39, 0.29) is 12.1 Å². The summed E-state index contributed by atoms with van der Waals surface area (Å²) in [6, 6.07) is 11.9. The molecule has 0 spiro atoms. The van der Waals surface area contributed by atoms with Crippen molar-refractivity contribution in [2.24, 2.45) is 0 Å². The van der Waals surface area contributed by atoms with Crippen molar-refractivity contribution in [3.63, 3.8) is 0 Å². The molecule has 0 radical (unpaired) electrons. The summed E-state index contributed by atoms with van der Waals surface area (Å²) in [6.07, 6.45) is -0.122. The van der Waals surface area contributed by atoms with E-state index in [2.05, 4.69) is 15.6 Å². The third kappa shape index (κ3) is 4.68. The van der Waals surface area contributed by atoms with Gasteiger partial charge in [0.1, 0.15) is 0 Å². The Balaban J connectivity index is 1.75. The maximum atomic E-state index is 12.6. The number of amides is 1. The lowest BCUT2D eigenvalue weighted by atomic mass is 10.1. The molecule has 3 rings (SSSR count). The average molecular weight is 419 g/mol. The first kappa shape index (κ1) is 19.9. The summed E-state index contributed by atoms with van der Waals surface area (Å²) in [7, 11) is 0. The number of carbonyl (C=O) groups excluding carboxylic acids is 1. The van der Waals surface area contributed by atoms with E-state index in [1.807, 2.05) is 6.07 Å². The lowest BCUT2D eigenvalue weighted by Gasteiger charge is -2.07. The first-order chi connectivity index (χ1) is 13.3. The van der Waals surface area contributed by atoms with Gasteiger partial charge in [0.05, 0.1) is 28.7 Å². The van der Waals surface area contributed by atoms with E-state index in [9.17, 15) is 9.59 Å². The predicted molar refractivity (Wildman–Crippen MR) is 106 cm³/mol. The maximum absolute atomic E-state index is 12.6. The van der Waals surface area contributed by atoms with Gasteiger partial charge < -0.3 is 10.4 Å². The van der Waals surface area contributed by atoms with Gasteiger partial charge in [-0.1, -0.05) is 46.6 Å². The van der Waals surface area contributed by atoms with Crippen molar-refractivity contribution in [3.05, 3.63) is 75.0 Å². The summed E-state index contributed by atoms with van der Waals surface area (Å²) in [5, 5.41) is 20.5. The zero-order valence-electron chi connectivity index (χ0n) is 14.8. The minimum Gasteiger partial charge on any atom is -0.481 e. The molecule has 0 unspecified atom stereocenters. The molecule has 1 aromatic heterocycles. The van der Waals surface area contributed by atoms with Gasteiger partial charge in [-0.05, 0) is 42.3 Å². The summed E-state index contributed by atoms with van der Waals surface area (Å²) < 4.78 is 1.59. The van der Waals surface area contributed by atoms with Gasteiger partial charge in [0.15, 0.2) is 5.69 Å². The number of nitrogens with zero attached hydrogens (tertiary/aromatic N) is 3. The quantitative estimate of drug-likeness (QED) is 0.633. The molecule has 0 aliphatic rings. The average Bonchev–Trinajstić information content (AvgIpc) is 2.98. The van der Waals surface area contributed by atoms with Crippen LogP contribution < -0.4 is 5.32 Å². The minimum absolute atomic E-state index is 0.122. The topological polar surface area (TPSA) is 97.1 Å². The Labute approximate surface area is 170 Å². The molecule has 9 heteroatoms. The van der Waals surface area contributed by atoms with Crippen molar-refractivity contribution < 1.29 is 14.7 Å². The first-order valence-electron chi connectivity index (χ1n) is 8.29. The highest BCUT2D eigenvalue weighted by molar-refractivity contribution is 6.42. The highest BCUT2D eigenvalue weighted by Gasteiger charge is 2.17. The third-order valence-electron chi connectivity index (χ3n) is 4.05. The van der Waals surface area contributed by atoms with Crippen LogP contribution in [0, 0.1) is 6.92 Å². The van der Waals surface area contributed by atoms with E-state index in [4.69, 9.17) is 28.3 Å². The summed E-state index contributed by atoms with van der Waals surface area (Å²) >= 11 is 12.0. The minimum atomic E-state index is -0.940. The fourth-order valence-electron chi connectivity index (χ4n) is 2.66. The summed E-state index contributed by atoms with van der Waals surface area (Å²) in [4.78, 5) is 23.4. The Hall–Kier alpha value is -2.90. The van der Waals surface area contributed by atoms with Crippen LogP contribution in [0.25, 0.3) is 0 Å². The maximum Gasteiger partial charge on any atom is 0.307 e. The molecule has 1 amide bonds. The molecular formula is C19H16Cl2N4O3. The zero-order valence-corrected chi connectivity index (χ0v) is 16.3. The van der Waals surface area contributed by atoms with E-state index in [0.29, 0.717) is 33.5 Å². The number of hydrogen-bond donors (Lipinski definition) is 2. The van der Waals surface area contributed by atoms with Gasteiger partial charge in [-0.2, -0.15) is 0 Å². The Morgan fingerprint density at radius 2 is 1.89 bits per heavy atom. The Kier molecular flexibility index (Phi) is 5.96. The van der Waals surface area contributed by atoms with E-state index < -0.39 is 11.9 Å². The molecule has 3 aromatic rings. The lowest BCUT2D eigenvalue weighted by Crippen LogP contribution is -2.15. The third-order valence-corrected chi connectivity index (χ3v) is 4.79. The molecule has 0 fully saturated rings. The molecule has 0 aliphatic heterocycles. The molecule has 2 N–H and O–H groups in total. The number of halogens is 2. The van der Waals surface area contributed by atoms with E-state index >= 15 is 0 Å². The van der Waals surface area contributed by atoms with Crippen LogP contribution in [0.2, 0.25) is 10.0 Å². The number of anilines is 1. The summed E-state index contributed by atoms with van der Waals surface area (Å²) in [5.74, 6) is -1.37. The molecule has 0 saturated heterocycles. The number of carboxylic acids is 1. The number of nitrogens with one attached hydrogen (secondary N) is 1. The molecule has 28 heavy (non-hydrogen) atoms. The van der Waals surface area contributed by atoms with Crippen molar-refractivity contribution in [1.29, 1.82) is 0 Å². The molecule has 1 heterocycles. The number of aromatic nitrogens is 3. The largest absolute Gasteiger partial charge is 0.481 e. The second kappa shape index (κ2) is 8.41. The van der Waals surface area contributed by atoms with Crippen LogP contribution in [0.15, 0.2) is 42.5 Å². The second-order valence-electron chi connectivity index (χ2n) is 6.15. The SMILES string of the molecule is Cc1c(C(=O)Nc2cccc(CC(=O)O)c2)nnn1Cc1ccc(Cl)c(Cl)c1. The van der Waals surface area contributed by atoms with Gasteiger partial charge in [-0.25, -0.2) is 4.68 Å². The monoisotopic (exact) mass is 418 g/mol. The van der Waals surface area contributed by atoms with Gasteiger partial charge in [0.25, 0.3) is 5.91 Å². The van der Waals surface area contributed by atoms with Crippen molar-refractivity contribution >= 4 is 40.8 Å². The summed E-state index contributed by atoms with van der Waals surface area (Å²) in [5.41, 5.74) is 2.72. The van der Waals surface area contributed by atoms with Gasteiger partial charge >= 0.3 is 5.97 Å². The molecular weight excluding hydrogens is 403 g/mol. The normalized spacial score (nSPS) is 10.7. The zero-order chi connectivity index (χ0) is 20.3. The number of benzene rings is 2. The molecule has 0 bridgehead atoms. The fourth-order valence-corrected chi connectivity index (χ4v) is 2.98. The molecule has 2 aromatic carbocycles. The standard InChI is InChI=1S/C19H16Cl2N4O3/c1-11-18(19(28)22-14-4-2-3-12(7-14)9-17(26)27)23-24-25(11)10-13-5-6-15(20)16(21)8-13/h2-8H,9-10H2,1H3,(H,22,28)(H,26,27). The molecule has 0 aliphatic carbocycles. The second-order valence-corrected chi connectivity index (χ2v) is 6.97. The number of carbonyl (C=O) groups is 2. The molecule has 144 valence electrons. The number of carboxylic acid groups (broad SMARTS) is 1. The lowest BCUT2D eigenvalue weighted by molar-refractivity contribution is -0.136. The first-order valence-corrected chi connectivity index (χ1v) is 9.05. The van der Waals surface area contributed by atoms with Crippen LogP contribution in [-0.2, 0) is 17.8 Å². The Morgan fingerprint density at radius 1 is 1.11 bits per heavy atom. The van der Waals surface area contributed by atoms with Gasteiger partial charge in [0.2, 0.25) is 0 Å². The smallest absolute Gasteiger partial charge is 0.307 e. The van der Waals surface area contributed by atoms with Crippen LogP contribution in [0.1, 0.15) is 27.3 Å². The highest BCUT2D eigenvalue weighted by Crippen LogP contribution is 2.23. The predicted octanol–water partition coefficient (Wildman–Crippen LogP) is 3.82. The van der Waals surface area contributed by atoms with Crippen molar-refractivity contribution in [2.75, 3.05) is 5.32 Å². The Morgan fingerprint density at radius 3 is 2.61 bits per heavy atom. The highest BCUT2D eigenvalue weighted by atomic mass is 35.5. The van der Waals surface area contributed by atoms with Gasteiger partial charge in [-0.15, -0.1) is 5.10 Å². The van der Waals surface area contributed by atoms with Crippen LogP contribution in [-0.4, -0.2) is 32.0 Å². The number of hydrogen-bond acceptors (Lipinski definition) is 4. The van der Waals surface area contributed by atoms with Crippen LogP contribution in [0.4, 0.5) is 5.69 Å². The van der Waals surface area contributed by atoms with Crippen molar-refractivity contribution in [1.82, 2.24) is 15.0 Å². The summed E-state index contributed by atoms with van der Waals surface area (Å²) in [6.45, 7) is 2.13. The van der Waals surface area contributed by atoms with Crippen LogP contribution >= 0.6 is 23.2 Å². The van der Waals surface area contributed by atoms with Crippen molar-refractivity contribution in [3.8, 4) is 0 Å². The van der Waals surface area contributed by atoms with E-state index in [0.717, 1.165) is 5.56 Å². The molecule has 0 saturated carbocycles. The fraction of sp³-hybridized carbons (Fsp3) is 0.158. The van der Waals surface area contributed by atoms with Crippen LogP contribution in [0.5, 0.6) is 0 Å².